The molecule has 1 aromatic heterocycles. The molecule has 1 aliphatic rings. The van der Waals surface area contributed by atoms with Gasteiger partial charge in [-0.25, -0.2) is 0 Å². The first kappa shape index (κ1) is 18.8. The van der Waals surface area contributed by atoms with Crippen LogP contribution in [-0.2, 0) is 4.74 Å². The summed E-state index contributed by atoms with van der Waals surface area (Å²) >= 11 is 0. The van der Waals surface area contributed by atoms with Crippen LogP contribution in [0.25, 0.3) is 22.6 Å². The largest absolute Gasteiger partial charge is 0.421 e. The number of aromatic nitrogens is 2. The van der Waals surface area contributed by atoms with Gasteiger partial charge in [-0.15, -0.1) is 10.2 Å². The second-order valence-corrected chi connectivity index (χ2v) is 6.99. The van der Waals surface area contributed by atoms with E-state index in [2.05, 4.69) is 10.2 Å². The third kappa shape index (κ3) is 3.70. The van der Waals surface area contributed by atoms with Gasteiger partial charge in [0.25, 0.3) is 0 Å². The Kier molecular flexibility index (Phi) is 5.23. The van der Waals surface area contributed by atoms with Crippen molar-refractivity contribution in [3.63, 3.8) is 0 Å². The summed E-state index contributed by atoms with van der Waals surface area (Å²) in [5.41, 5.74) is 3.42. The molecule has 4 atom stereocenters. The molecule has 1 fully saturated rings. The molecule has 146 valence electrons. The van der Waals surface area contributed by atoms with E-state index in [1.807, 2.05) is 48.5 Å². The van der Waals surface area contributed by atoms with Gasteiger partial charge >= 0.3 is 0 Å². The summed E-state index contributed by atoms with van der Waals surface area (Å²) in [7, 11) is 0. The van der Waals surface area contributed by atoms with Crippen LogP contribution < -0.4 is 0 Å². The zero-order valence-electron chi connectivity index (χ0n) is 15.4. The van der Waals surface area contributed by atoms with Crippen LogP contribution in [0.2, 0.25) is 0 Å². The maximum atomic E-state index is 10.4. The molecule has 28 heavy (non-hydrogen) atoms. The highest BCUT2D eigenvalue weighted by molar-refractivity contribution is 5.70. The summed E-state index contributed by atoms with van der Waals surface area (Å²) < 4.78 is 11.3. The zero-order valence-corrected chi connectivity index (χ0v) is 15.4. The fraction of sp³-hybridized carbons (Fsp3) is 0.333. The molecule has 0 radical (unpaired) electrons. The molecule has 2 aromatic carbocycles. The Morgan fingerprint density at radius 2 is 1.71 bits per heavy atom. The number of ether oxygens (including phenoxy) is 1. The molecule has 3 unspecified atom stereocenters. The Hall–Kier alpha value is -2.58. The van der Waals surface area contributed by atoms with Crippen LogP contribution >= 0.6 is 0 Å². The van der Waals surface area contributed by atoms with Gasteiger partial charge in [-0.3, -0.25) is 0 Å². The maximum absolute atomic E-state index is 10.4. The third-order valence-electron chi connectivity index (χ3n) is 4.94. The lowest BCUT2D eigenvalue weighted by Gasteiger charge is -2.37. The van der Waals surface area contributed by atoms with Crippen molar-refractivity contribution in [2.24, 2.45) is 0 Å². The van der Waals surface area contributed by atoms with E-state index < -0.39 is 24.4 Å². The monoisotopic (exact) mass is 382 g/mol. The highest BCUT2D eigenvalue weighted by atomic mass is 16.5. The maximum Gasteiger partial charge on any atom is 0.247 e. The molecule has 1 saturated heterocycles. The molecule has 0 bridgehead atoms. The van der Waals surface area contributed by atoms with E-state index in [9.17, 15) is 15.3 Å². The van der Waals surface area contributed by atoms with Crippen LogP contribution in [0.3, 0.4) is 0 Å². The van der Waals surface area contributed by atoms with Gasteiger partial charge < -0.3 is 24.5 Å². The number of rotatable bonds is 4. The Labute approximate surface area is 162 Å². The highest BCUT2D eigenvalue weighted by Crippen LogP contribution is 2.34. The van der Waals surface area contributed by atoms with Gasteiger partial charge in [0.2, 0.25) is 11.8 Å². The number of aliphatic hydroxyl groups is 3. The van der Waals surface area contributed by atoms with Crippen molar-refractivity contribution in [1.82, 2.24) is 10.2 Å². The van der Waals surface area contributed by atoms with Crippen LogP contribution in [0.15, 0.2) is 52.9 Å². The molecule has 3 N–H and O–H groups in total. The van der Waals surface area contributed by atoms with Crippen LogP contribution in [0, 0.1) is 6.92 Å². The molecule has 0 saturated carbocycles. The van der Waals surface area contributed by atoms with Crippen molar-refractivity contribution in [3.05, 3.63) is 60.0 Å². The average molecular weight is 382 g/mol. The van der Waals surface area contributed by atoms with Crippen molar-refractivity contribution < 1.29 is 24.5 Å². The fourth-order valence-electron chi connectivity index (χ4n) is 3.49. The number of hydrogen-bond acceptors (Lipinski definition) is 7. The zero-order chi connectivity index (χ0) is 19.7. The summed E-state index contributed by atoms with van der Waals surface area (Å²) in [6.45, 7) is 1.54. The van der Waals surface area contributed by atoms with E-state index >= 15 is 0 Å². The van der Waals surface area contributed by atoms with E-state index in [0.717, 1.165) is 22.3 Å². The topological polar surface area (TPSA) is 109 Å². The first-order valence-electron chi connectivity index (χ1n) is 9.18. The summed E-state index contributed by atoms with van der Waals surface area (Å²) in [6.07, 6.45) is -2.99. The lowest BCUT2D eigenvalue weighted by molar-refractivity contribution is -0.179. The Balaban J connectivity index is 1.66. The van der Waals surface area contributed by atoms with Crippen molar-refractivity contribution in [3.8, 4) is 22.6 Å². The third-order valence-corrected chi connectivity index (χ3v) is 4.94. The van der Waals surface area contributed by atoms with E-state index in [-0.39, 0.29) is 13.0 Å². The minimum absolute atomic E-state index is 0.203. The number of benzene rings is 2. The Morgan fingerprint density at radius 1 is 1.00 bits per heavy atom. The lowest BCUT2D eigenvalue weighted by Crippen LogP contribution is -2.44. The van der Waals surface area contributed by atoms with Crippen molar-refractivity contribution in [2.75, 3.05) is 6.61 Å². The first-order valence-corrected chi connectivity index (χ1v) is 9.18. The minimum Gasteiger partial charge on any atom is -0.421 e. The van der Waals surface area contributed by atoms with Crippen molar-refractivity contribution in [1.29, 1.82) is 0 Å². The number of hydrogen-bond donors (Lipinski definition) is 3. The van der Waals surface area contributed by atoms with Gasteiger partial charge in [0.05, 0.1) is 18.8 Å². The molecular formula is C21H22N2O5. The van der Waals surface area contributed by atoms with Gasteiger partial charge in [-0.2, -0.15) is 0 Å². The molecule has 7 heteroatoms. The van der Waals surface area contributed by atoms with Gasteiger partial charge in [0, 0.05) is 18.9 Å². The Morgan fingerprint density at radius 3 is 2.43 bits per heavy atom. The first-order chi connectivity index (χ1) is 13.5. The van der Waals surface area contributed by atoms with Gasteiger partial charge in [-0.05, 0) is 34.9 Å². The summed E-state index contributed by atoms with van der Waals surface area (Å²) in [4.78, 5) is 0. The van der Waals surface area contributed by atoms with E-state index in [0.29, 0.717) is 11.8 Å². The number of nitrogens with zero attached hydrogens (tertiary/aromatic N) is 2. The van der Waals surface area contributed by atoms with E-state index in [1.54, 1.807) is 6.92 Å². The molecule has 4 rings (SSSR count). The molecule has 0 spiro atoms. The molecule has 7 nitrogen and oxygen atoms in total. The molecule has 2 heterocycles. The quantitative estimate of drug-likeness (QED) is 0.635. The van der Waals surface area contributed by atoms with Crippen LogP contribution in [0.5, 0.6) is 0 Å². The van der Waals surface area contributed by atoms with Crippen LogP contribution in [0.1, 0.15) is 24.0 Å². The van der Waals surface area contributed by atoms with Crippen LogP contribution in [-0.4, -0.2) is 50.4 Å². The van der Waals surface area contributed by atoms with E-state index in [4.69, 9.17) is 9.15 Å². The minimum atomic E-state index is -1.05. The van der Waals surface area contributed by atoms with Gasteiger partial charge in [0.15, 0.2) is 0 Å². The predicted molar refractivity (Wildman–Crippen MR) is 101 cm³/mol. The average Bonchev–Trinajstić information content (AvgIpc) is 3.16. The number of aryl methyl sites for hydroxylation is 1. The smallest absolute Gasteiger partial charge is 0.247 e. The van der Waals surface area contributed by atoms with Crippen molar-refractivity contribution in [2.45, 2.75) is 37.8 Å². The standard InChI is InChI=1S/C21H22N2O5/c1-12-22-23-21(27-12)16-7-3-5-14(9-16)13-4-2-6-15(8-13)20-19(26)18(25)10-17(11-24)28-20/h2-9,17-20,24-26H,10-11H2,1H3/t17?,18?,19?,20-/m1/s1. The molecule has 3 aromatic rings. The van der Waals surface area contributed by atoms with Gasteiger partial charge in [0.1, 0.15) is 12.2 Å². The molecule has 1 aliphatic heterocycles. The second kappa shape index (κ2) is 7.81. The second-order valence-electron chi connectivity index (χ2n) is 6.99. The molecule has 0 amide bonds. The van der Waals surface area contributed by atoms with E-state index in [1.165, 1.54) is 0 Å². The normalized spacial score (nSPS) is 25.0. The molecular weight excluding hydrogens is 360 g/mol. The SMILES string of the molecule is Cc1nnc(-c2cccc(-c3cccc([C@H]4OC(CO)CC(O)C4O)c3)c2)o1. The fourth-order valence-corrected chi connectivity index (χ4v) is 3.49. The van der Waals surface area contributed by atoms with Gasteiger partial charge in [-0.1, -0.05) is 30.3 Å². The predicted octanol–water partition coefficient (Wildman–Crippen LogP) is 2.26. The lowest BCUT2D eigenvalue weighted by atomic mass is 9.91. The summed E-state index contributed by atoms with van der Waals surface area (Å²) in [5, 5.41) is 37.8. The Bertz CT molecular complexity index is 957. The molecule has 0 aliphatic carbocycles. The highest BCUT2D eigenvalue weighted by Gasteiger charge is 2.37. The summed E-state index contributed by atoms with van der Waals surface area (Å²) in [5.74, 6) is 0.957. The number of aliphatic hydroxyl groups excluding tert-OH is 3. The van der Waals surface area contributed by atoms with Crippen LogP contribution in [0.4, 0.5) is 0 Å². The van der Waals surface area contributed by atoms with Crippen molar-refractivity contribution >= 4 is 0 Å². The summed E-state index contributed by atoms with van der Waals surface area (Å²) in [6, 6.07) is 15.3.